The van der Waals surface area contributed by atoms with E-state index < -0.39 is 23.4 Å². The molecule has 1 aliphatic heterocycles. The highest BCUT2D eigenvalue weighted by molar-refractivity contribution is 5.98. The van der Waals surface area contributed by atoms with Crippen molar-refractivity contribution in [2.75, 3.05) is 25.0 Å². The lowest BCUT2D eigenvalue weighted by Crippen LogP contribution is -2.62. The zero-order valence-corrected chi connectivity index (χ0v) is 22.0. The van der Waals surface area contributed by atoms with Gasteiger partial charge in [0.1, 0.15) is 12.1 Å². The Hall–Kier alpha value is -3.46. The maximum Gasteiger partial charge on any atom is 0.329 e. The van der Waals surface area contributed by atoms with Crippen molar-refractivity contribution in [1.82, 2.24) is 14.8 Å². The first-order valence-corrected chi connectivity index (χ1v) is 12.3. The number of piperazine rings is 1. The molecule has 0 spiro atoms. The van der Waals surface area contributed by atoms with E-state index in [-0.39, 0.29) is 26.2 Å². The number of hydrogen-bond donors (Lipinski definition) is 3. The minimum absolute atomic E-state index is 0.134. The summed E-state index contributed by atoms with van der Waals surface area (Å²) in [5.74, 6) is -1.12. The van der Waals surface area contributed by atoms with Crippen molar-refractivity contribution in [3.8, 4) is 11.1 Å². The Bertz CT molecular complexity index is 1160. The SMILES string of the molecule is Cc1ccc(-c2c(CN)c(CC(C)C)nc(C)c2NC(=O)N2CCN(C(C)(C)C(=O)O)C(=O)C2)cc1. The summed E-state index contributed by atoms with van der Waals surface area (Å²) in [6.07, 6.45) is 0.760. The summed E-state index contributed by atoms with van der Waals surface area (Å²) >= 11 is 0. The molecule has 3 rings (SSSR count). The number of aromatic nitrogens is 1. The Morgan fingerprint density at radius 2 is 1.81 bits per heavy atom. The first-order valence-electron chi connectivity index (χ1n) is 12.3. The minimum atomic E-state index is -1.35. The maximum absolute atomic E-state index is 13.3. The lowest BCUT2D eigenvalue weighted by Gasteiger charge is -2.41. The maximum atomic E-state index is 13.3. The van der Waals surface area contributed by atoms with Gasteiger partial charge in [0.05, 0.1) is 11.4 Å². The molecule has 194 valence electrons. The number of carboxylic acids is 1. The van der Waals surface area contributed by atoms with Crippen molar-refractivity contribution >= 4 is 23.6 Å². The highest BCUT2D eigenvalue weighted by Gasteiger charge is 2.41. The van der Waals surface area contributed by atoms with Gasteiger partial charge < -0.3 is 26.0 Å². The van der Waals surface area contributed by atoms with E-state index in [0.29, 0.717) is 17.3 Å². The van der Waals surface area contributed by atoms with Crippen LogP contribution in [0, 0.1) is 19.8 Å². The van der Waals surface area contributed by atoms with Gasteiger partial charge in [-0.05, 0) is 51.2 Å². The summed E-state index contributed by atoms with van der Waals surface area (Å²) < 4.78 is 0. The summed E-state index contributed by atoms with van der Waals surface area (Å²) in [6.45, 7) is 11.5. The van der Waals surface area contributed by atoms with E-state index in [9.17, 15) is 19.5 Å². The minimum Gasteiger partial charge on any atom is -0.480 e. The van der Waals surface area contributed by atoms with E-state index in [1.807, 2.05) is 38.1 Å². The molecule has 0 saturated carbocycles. The standard InChI is InChI=1S/C27H37N5O4/c1-16(2)13-21-20(14-28)23(19-9-7-17(3)8-10-19)24(18(4)29-21)30-26(36)31-11-12-32(22(33)15-31)27(5,6)25(34)35/h7-10,16H,11-15,28H2,1-6H3,(H,30,36)(H,34,35). The lowest BCUT2D eigenvalue weighted by molar-refractivity contribution is -0.159. The number of hydrogen-bond acceptors (Lipinski definition) is 5. The van der Waals surface area contributed by atoms with Crippen LogP contribution in [0.15, 0.2) is 24.3 Å². The van der Waals surface area contributed by atoms with Crippen LogP contribution in [-0.4, -0.2) is 63.0 Å². The van der Waals surface area contributed by atoms with Gasteiger partial charge in [-0.25, -0.2) is 9.59 Å². The number of carboxylic acid groups (broad SMARTS) is 1. The molecule has 2 heterocycles. The molecule has 1 aromatic heterocycles. The zero-order chi connectivity index (χ0) is 26.8. The van der Waals surface area contributed by atoms with Gasteiger partial charge in [0.25, 0.3) is 0 Å². The smallest absolute Gasteiger partial charge is 0.329 e. The summed E-state index contributed by atoms with van der Waals surface area (Å²) in [5, 5.41) is 12.5. The second-order valence-corrected chi connectivity index (χ2v) is 10.3. The molecule has 36 heavy (non-hydrogen) atoms. The second kappa shape index (κ2) is 10.7. The molecular weight excluding hydrogens is 458 g/mol. The van der Waals surface area contributed by atoms with E-state index in [2.05, 4.69) is 19.2 Å². The normalized spacial score (nSPS) is 14.4. The number of aliphatic carboxylic acids is 1. The summed E-state index contributed by atoms with van der Waals surface area (Å²) in [4.78, 5) is 45.2. The number of rotatable bonds is 7. The number of urea groups is 1. The number of nitrogens with two attached hydrogens (primary N) is 1. The molecular formula is C27H37N5O4. The quantitative estimate of drug-likeness (QED) is 0.539. The molecule has 0 atom stereocenters. The number of benzene rings is 1. The van der Waals surface area contributed by atoms with Gasteiger partial charge >= 0.3 is 12.0 Å². The number of carbonyl (C=O) groups excluding carboxylic acids is 2. The van der Waals surface area contributed by atoms with Crippen LogP contribution in [-0.2, 0) is 22.6 Å². The van der Waals surface area contributed by atoms with Gasteiger partial charge in [-0.2, -0.15) is 0 Å². The van der Waals surface area contributed by atoms with E-state index in [4.69, 9.17) is 10.7 Å². The molecule has 1 saturated heterocycles. The lowest BCUT2D eigenvalue weighted by atomic mass is 9.92. The molecule has 1 fully saturated rings. The van der Waals surface area contributed by atoms with Gasteiger partial charge in [-0.15, -0.1) is 0 Å². The summed E-state index contributed by atoms with van der Waals surface area (Å²) in [5.41, 5.74) is 10.8. The van der Waals surface area contributed by atoms with Gasteiger partial charge in [0, 0.05) is 30.9 Å². The average Bonchev–Trinajstić information content (AvgIpc) is 2.80. The van der Waals surface area contributed by atoms with Gasteiger partial charge in [-0.3, -0.25) is 9.78 Å². The zero-order valence-electron chi connectivity index (χ0n) is 22.0. The van der Waals surface area contributed by atoms with Crippen molar-refractivity contribution in [3.63, 3.8) is 0 Å². The second-order valence-electron chi connectivity index (χ2n) is 10.3. The third kappa shape index (κ3) is 5.51. The van der Waals surface area contributed by atoms with Crippen LogP contribution in [0.3, 0.4) is 0 Å². The molecule has 9 nitrogen and oxygen atoms in total. The first kappa shape index (κ1) is 27.1. The molecule has 1 aromatic carbocycles. The predicted octanol–water partition coefficient (Wildman–Crippen LogP) is 3.56. The van der Waals surface area contributed by atoms with Crippen LogP contribution in [0.2, 0.25) is 0 Å². The molecule has 1 aliphatic rings. The first-order chi connectivity index (χ1) is 16.9. The molecule has 0 aliphatic carbocycles. The van der Waals surface area contributed by atoms with Crippen LogP contribution in [0.4, 0.5) is 10.5 Å². The topological polar surface area (TPSA) is 129 Å². The van der Waals surface area contributed by atoms with E-state index in [0.717, 1.165) is 34.4 Å². The Morgan fingerprint density at radius 1 is 1.17 bits per heavy atom. The van der Waals surface area contributed by atoms with Crippen LogP contribution in [0.1, 0.15) is 50.2 Å². The number of anilines is 1. The Morgan fingerprint density at radius 3 is 2.33 bits per heavy atom. The van der Waals surface area contributed by atoms with Gasteiger partial charge in [0.2, 0.25) is 5.91 Å². The van der Waals surface area contributed by atoms with Crippen LogP contribution >= 0.6 is 0 Å². The van der Waals surface area contributed by atoms with Crippen LogP contribution in [0.5, 0.6) is 0 Å². The van der Waals surface area contributed by atoms with Crippen molar-refractivity contribution < 1.29 is 19.5 Å². The fraction of sp³-hybridized carbons (Fsp3) is 0.481. The Balaban J connectivity index is 1.97. The molecule has 4 N–H and O–H groups in total. The van der Waals surface area contributed by atoms with Crippen molar-refractivity contribution in [2.24, 2.45) is 11.7 Å². The van der Waals surface area contributed by atoms with Crippen LogP contribution < -0.4 is 11.1 Å². The number of nitrogens with one attached hydrogen (secondary N) is 1. The van der Waals surface area contributed by atoms with Crippen molar-refractivity contribution in [2.45, 2.75) is 60.0 Å². The Kier molecular flexibility index (Phi) is 8.03. The third-order valence-corrected chi connectivity index (χ3v) is 6.65. The van der Waals surface area contributed by atoms with E-state index in [1.165, 1.54) is 23.6 Å². The van der Waals surface area contributed by atoms with Crippen LogP contribution in [0.25, 0.3) is 11.1 Å². The predicted molar refractivity (Wildman–Crippen MR) is 140 cm³/mol. The van der Waals surface area contributed by atoms with Crippen molar-refractivity contribution in [3.05, 3.63) is 46.8 Å². The summed E-state index contributed by atoms with van der Waals surface area (Å²) in [7, 11) is 0. The van der Waals surface area contributed by atoms with E-state index >= 15 is 0 Å². The Labute approximate surface area is 212 Å². The van der Waals surface area contributed by atoms with Crippen molar-refractivity contribution in [1.29, 1.82) is 0 Å². The summed E-state index contributed by atoms with van der Waals surface area (Å²) in [6, 6.07) is 7.61. The molecule has 2 aromatic rings. The molecule has 3 amide bonds. The number of carbonyl (C=O) groups is 3. The fourth-order valence-electron chi connectivity index (χ4n) is 4.51. The number of pyridine rings is 1. The van der Waals surface area contributed by atoms with Gasteiger partial charge in [0.15, 0.2) is 0 Å². The molecule has 0 unspecified atom stereocenters. The highest BCUT2D eigenvalue weighted by Crippen LogP contribution is 2.36. The number of amides is 3. The molecule has 0 radical (unpaired) electrons. The fourth-order valence-corrected chi connectivity index (χ4v) is 4.51. The largest absolute Gasteiger partial charge is 0.480 e. The molecule has 9 heteroatoms. The third-order valence-electron chi connectivity index (χ3n) is 6.65. The monoisotopic (exact) mass is 495 g/mol. The van der Waals surface area contributed by atoms with E-state index in [1.54, 1.807) is 0 Å². The average molecular weight is 496 g/mol. The number of nitrogens with zero attached hydrogens (tertiary/aromatic N) is 3. The highest BCUT2D eigenvalue weighted by atomic mass is 16.4. The number of aryl methyl sites for hydroxylation is 2. The van der Waals surface area contributed by atoms with Gasteiger partial charge in [-0.1, -0.05) is 43.7 Å². The molecule has 0 bridgehead atoms.